The molecule has 250 valence electrons. The zero-order valence-electron chi connectivity index (χ0n) is 26.6. The number of carbonyl (C=O) groups is 1. The molecule has 0 N–H and O–H groups in total. The highest BCUT2D eigenvalue weighted by atomic mass is 19.4. The number of aryl methyl sites for hydroxylation is 2. The molecule has 0 saturated carbocycles. The second kappa shape index (κ2) is 16.4. The minimum absolute atomic E-state index is 0.0148. The van der Waals surface area contributed by atoms with Crippen LogP contribution in [0.25, 0.3) is 0 Å². The lowest BCUT2D eigenvalue weighted by Crippen LogP contribution is -2.58. The van der Waals surface area contributed by atoms with E-state index in [1.807, 2.05) is 39.0 Å². The van der Waals surface area contributed by atoms with Crippen LogP contribution >= 0.6 is 0 Å². The molecule has 0 aliphatic carbocycles. The van der Waals surface area contributed by atoms with Crippen LogP contribution in [0.15, 0.2) is 36.4 Å². The molecule has 0 heterocycles. The highest BCUT2D eigenvalue weighted by Crippen LogP contribution is 2.46. The summed E-state index contributed by atoms with van der Waals surface area (Å²) in [6.07, 6.45) is -7.62. The first-order chi connectivity index (χ1) is 21.1. The van der Waals surface area contributed by atoms with E-state index in [1.54, 1.807) is 26.0 Å². The largest absolute Gasteiger partial charge is 0.493 e. The van der Waals surface area contributed by atoms with Crippen LogP contribution in [0, 0.1) is 25.7 Å². The SMILES string of the molecule is CCOC(=O)CCCCCOc1ccc(C(CC)(CC)c2ccc(C#CC(OCOC)(C(F)(F)F)C(F)(F)F)c(C)c2)cc1C. The standard InChI is InChI=1S/C34H42F6O5/c1-7-31(8-2,28-16-17-29(25(5)22-28)44-20-12-10-11-13-30(41)43-9-3)27-15-14-26(24(4)21-27)18-19-32(33(35,36)37,34(38,39)40)45-23-42-6/h14-17,21-22H,7-13,20,23H2,1-6H3. The van der Waals surface area contributed by atoms with Crippen LogP contribution in [-0.2, 0) is 24.4 Å². The van der Waals surface area contributed by atoms with Crippen LogP contribution in [-0.4, -0.2) is 51.0 Å². The van der Waals surface area contributed by atoms with Gasteiger partial charge in [-0.05, 0) is 93.2 Å². The lowest BCUT2D eigenvalue weighted by molar-refractivity contribution is -0.368. The number of unbranched alkanes of at least 4 members (excludes halogenated alkanes) is 2. The lowest BCUT2D eigenvalue weighted by Gasteiger charge is -2.34. The maximum atomic E-state index is 13.7. The minimum Gasteiger partial charge on any atom is -0.493 e. The van der Waals surface area contributed by atoms with Crippen LogP contribution in [0.3, 0.4) is 0 Å². The molecule has 0 aliphatic heterocycles. The van der Waals surface area contributed by atoms with Crippen LogP contribution in [0.4, 0.5) is 26.3 Å². The Hall–Kier alpha value is -3.23. The fraction of sp³-hybridized carbons (Fsp3) is 0.559. The first-order valence-corrected chi connectivity index (χ1v) is 14.9. The molecular weight excluding hydrogens is 602 g/mol. The molecule has 11 heteroatoms. The van der Waals surface area contributed by atoms with Crippen LogP contribution in [0.2, 0.25) is 0 Å². The Balaban J connectivity index is 2.32. The van der Waals surface area contributed by atoms with Crippen molar-refractivity contribution in [3.63, 3.8) is 0 Å². The topological polar surface area (TPSA) is 54.0 Å². The van der Waals surface area contributed by atoms with Gasteiger partial charge in [0.2, 0.25) is 0 Å². The maximum Gasteiger partial charge on any atom is 0.438 e. The van der Waals surface area contributed by atoms with Crippen molar-refractivity contribution in [3.8, 4) is 17.6 Å². The van der Waals surface area contributed by atoms with Gasteiger partial charge < -0.3 is 18.9 Å². The van der Waals surface area contributed by atoms with Gasteiger partial charge >= 0.3 is 23.9 Å². The molecule has 2 aromatic rings. The molecule has 0 aliphatic rings. The Labute approximate surface area is 261 Å². The molecule has 0 saturated heterocycles. The van der Waals surface area contributed by atoms with E-state index in [2.05, 4.69) is 15.4 Å². The Morgan fingerprint density at radius 3 is 1.93 bits per heavy atom. The fourth-order valence-corrected chi connectivity index (χ4v) is 5.21. The van der Waals surface area contributed by atoms with E-state index in [1.165, 1.54) is 12.0 Å². The molecule has 0 aromatic heterocycles. The highest BCUT2D eigenvalue weighted by molar-refractivity contribution is 5.69. The average Bonchev–Trinajstić information content (AvgIpc) is 2.96. The smallest absolute Gasteiger partial charge is 0.438 e. The third kappa shape index (κ3) is 9.17. The van der Waals surface area contributed by atoms with Crippen molar-refractivity contribution in [2.24, 2.45) is 0 Å². The summed E-state index contributed by atoms with van der Waals surface area (Å²) in [5.74, 6) is 3.96. The quantitative estimate of drug-likeness (QED) is 0.0638. The van der Waals surface area contributed by atoms with E-state index in [-0.39, 0.29) is 11.5 Å². The summed E-state index contributed by atoms with van der Waals surface area (Å²) in [6.45, 7) is 8.98. The molecule has 45 heavy (non-hydrogen) atoms. The zero-order valence-corrected chi connectivity index (χ0v) is 26.6. The number of hydrogen-bond acceptors (Lipinski definition) is 5. The molecule has 0 bridgehead atoms. The van der Waals surface area contributed by atoms with Gasteiger partial charge in [0, 0.05) is 24.5 Å². The summed E-state index contributed by atoms with van der Waals surface area (Å²) in [6, 6.07) is 10.8. The molecule has 0 atom stereocenters. The van der Waals surface area contributed by atoms with Crippen molar-refractivity contribution in [2.75, 3.05) is 27.1 Å². The van der Waals surface area contributed by atoms with Crippen molar-refractivity contribution in [2.45, 2.75) is 96.5 Å². The van der Waals surface area contributed by atoms with Gasteiger partial charge in [-0.2, -0.15) is 26.3 Å². The second-order valence-electron chi connectivity index (χ2n) is 10.7. The number of hydrogen-bond donors (Lipinski definition) is 0. The summed E-state index contributed by atoms with van der Waals surface area (Å²) in [5, 5.41) is 0. The highest BCUT2D eigenvalue weighted by Gasteiger charge is 2.72. The third-order valence-corrected chi connectivity index (χ3v) is 7.87. The van der Waals surface area contributed by atoms with Gasteiger partial charge in [0.15, 0.2) is 0 Å². The molecule has 0 unspecified atom stereocenters. The van der Waals surface area contributed by atoms with Crippen molar-refractivity contribution in [1.82, 2.24) is 0 Å². The van der Waals surface area contributed by atoms with Gasteiger partial charge in [-0.15, -0.1) is 0 Å². The molecule has 2 rings (SSSR count). The van der Waals surface area contributed by atoms with Gasteiger partial charge in [-0.1, -0.05) is 44.0 Å². The number of methoxy groups -OCH3 is 1. The summed E-state index contributed by atoms with van der Waals surface area (Å²) < 4.78 is 102. The summed E-state index contributed by atoms with van der Waals surface area (Å²) in [7, 11) is 0.919. The summed E-state index contributed by atoms with van der Waals surface area (Å²) in [4.78, 5) is 11.5. The van der Waals surface area contributed by atoms with Crippen molar-refractivity contribution in [3.05, 3.63) is 64.2 Å². The first-order valence-electron chi connectivity index (χ1n) is 14.9. The molecule has 5 nitrogen and oxygen atoms in total. The predicted octanol–water partition coefficient (Wildman–Crippen LogP) is 8.75. The van der Waals surface area contributed by atoms with Gasteiger partial charge in [0.05, 0.1) is 13.2 Å². The third-order valence-electron chi connectivity index (χ3n) is 7.87. The van der Waals surface area contributed by atoms with E-state index in [0.717, 1.165) is 48.8 Å². The molecule has 0 spiro atoms. The number of ether oxygens (including phenoxy) is 4. The monoisotopic (exact) mass is 644 g/mol. The Bertz CT molecular complexity index is 1310. The van der Waals surface area contributed by atoms with E-state index < -0.39 is 30.2 Å². The Morgan fingerprint density at radius 1 is 0.822 bits per heavy atom. The van der Waals surface area contributed by atoms with E-state index in [9.17, 15) is 31.1 Å². The Kier molecular flexibility index (Phi) is 13.8. The molecule has 0 radical (unpaired) electrons. The predicted molar refractivity (Wildman–Crippen MR) is 159 cm³/mol. The number of rotatable bonds is 15. The average molecular weight is 645 g/mol. The van der Waals surface area contributed by atoms with E-state index >= 15 is 0 Å². The first kappa shape index (κ1) is 38.0. The normalized spacial score (nSPS) is 12.4. The van der Waals surface area contributed by atoms with Crippen LogP contribution in [0.1, 0.15) is 87.1 Å². The lowest BCUT2D eigenvalue weighted by atomic mass is 9.70. The number of benzene rings is 2. The minimum atomic E-state index is -5.86. The van der Waals surface area contributed by atoms with Gasteiger partial charge in [0.1, 0.15) is 12.5 Å². The van der Waals surface area contributed by atoms with E-state index in [0.29, 0.717) is 38.0 Å². The second-order valence-corrected chi connectivity index (χ2v) is 10.7. The van der Waals surface area contributed by atoms with Gasteiger partial charge in [0.25, 0.3) is 0 Å². The van der Waals surface area contributed by atoms with Gasteiger partial charge in [-0.25, -0.2) is 0 Å². The zero-order chi connectivity index (χ0) is 33.9. The van der Waals surface area contributed by atoms with E-state index in [4.69, 9.17) is 9.47 Å². The summed E-state index contributed by atoms with van der Waals surface area (Å²) >= 11 is 0. The van der Waals surface area contributed by atoms with Gasteiger partial charge in [-0.3, -0.25) is 4.79 Å². The molecule has 0 fully saturated rings. The van der Waals surface area contributed by atoms with Crippen molar-refractivity contribution in [1.29, 1.82) is 0 Å². The number of halogens is 6. The van der Waals surface area contributed by atoms with Crippen LogP contribution in [0.5, 0.6) is 5.75 Å². The molecular formula is C34H42F6O5. The molecule has 0 amide bonds. The fourth-order valence-electron chi connectivity index (χ4n) is 5.21. The summed E-state index contributed by atoms with van der Waals surface area (Å²) in [5.41, 5.74) is -1.95. The maximum absolute atomic E-state index is 13.7. The number of alkyl halides is 6. The number of carbonyl (C=O) groups excluding carboxylic acids is 1. The van der Waals surface area contributed by atoms with Crippen molar-refractivity contribution >= 4 is 5.97 Å². The Morgan fingerprint density at radius 2 is 1.42 bits per heavy atom. The van der Waals surface area contributed by atoms with Crippen molar-refractivity contribution < 1.29 is 50.1 Å². The van der Waals surface area contributed by atoms with Crippen LogP contribution < -0.4 is 4.74 Å². The number of esters is 1. The molecule has 2 aromatic carbocycles.